The van der Waals surface area contributed by atoms with Crippen LogP contribution in [-0.2, 0) is 4.74 Å². The molecule has 0 aliphatic rings. The maximum absolute atomic E-state index is 12.2. The third-order valence-corrected chi connectivity index (χ3v) is 4.02. The van der Waals surface area contributed by atoms with Crippen molar-refractivity contribution >= 4 is 11.7 Å². The van der Waals surface area contributed by atoms with Gasteiger partial charge in [0.25, 0.3) is 0 Å². The standard InChI is InChI=1S/C22H21NO3/c1-25-20-14-12-19(13-15-20)23-21(17-8-4-2-5-9-17)16-26-22(24)18-10-6-3-7-11-18/h2-15,21,23H,16H2,1H3. The molecule has 3 aromatic rings. The molecule has 0 aliphatic carbocycles. The maximum Gasteiger partial charge on any atom is 0.338 e. The van der Waals surface area contributed by atoms with Gasteiger partial charge in [-0.1, -0.05) is 48.5 Å². The minimum Gasteiger partial charge on any atom is -0.497 e. The lowest BCUT2D eigenvalue weighted by atomic mass is 10.1. The third kappa shape index (κ3) is 4.63. The summed E-state index contributed by atoms with van der Waals surface area (Å²) in [5, 5.41) is 3.42. The molecule has 0 fully saturated rings. The fourth-order valence-corrected chi connectivity index (χ4v) is 2.61. The highest BCUT2D eigenvalue weighted by Gasteiger charge is 2.15. The fourth-order valence-electron chi connectivity index (χ4n) is 2.61. The smallest absolute Gasteiger partial charge is 0.338 e. The number of hydrogen-bond donors (Lipinski definition) is 1. The van der Waals surface area contributed by atoms with E-state index in [1.165, 1.54) is 0 Å². The average Bonchev–Trinajstić information content (AvgIpc) is 2.72. The van der Waals surface area contributed by atoms with Gasteiger partial charge in [0.2, 0.25) is 0 Å². The van der Waals surface area contributed by atoms with E-state index in [1.54, 1.807) is 19.2 Å². The number of methoxy groups -OCH3 is 1. The Morgan fingerprint density at radius 1 is 0.885 bits per heavy atom. The monoisotopic (exact) mass is 347 g/mol. The number of esters is 1. The molecule has 132 valence electrons. The first-order valence-corrected chi connectivity index (χ1v) is 8.44. The first kappa shape index (κ1) is 17.5. The van der Waals surface area contributed by atoms with Crippen molar-refractivity contribution in [1.29, 1.82) is 0 Å². The number of anilines is 1. The molecule has 0 bridgehead atoms. The van der Waals surface area contributed by atoms with Gasteiger partial charge < -0.3 is 14.8 Å². The largest absolute Gasteiger partial charge is 0.497 e. The van der Waals surface area contributed by atoms with Crippen LogP contribution in [0.25, 0.3) is 0 Å². The zero-order valence-corrected chi connectivity index (χ0v) is 14.6. The number of carbonyl (C=O) groups is 1. The Bertz CT molecular complexity index is 817. The Labute approximate surface area is 153 Å². The molecule has 3 rings (SSSR count). The number of rotatable bonds is 7. The third-order valence-electron chi connectivity index (χ3n) is 4.02. The van der Waals surface area contributed by atoms with Crippen molar-refractivity contribution in [2.24, 2.45) is 0 Å². The summed E-state index contributed by atoms with van der Waals surface area (Å²) < 4.78 is 10.7. The van der Waals surface area contributed by atoms with Gasteiger partial charge in [-0.2, -0.15) is 0 Å². The van der Waals surface area contributed by atoms with Crippen molar-refractivity contribution < 1.29 is 14.3 Å². The van der Waals surface area contributed by atoms with Crippen LogP contribution in [0.3, 0.4) is 0 Å². The van der Waals surface area contributed by atoms with Crippen LogP contribution in [0, 0.1) is 0 Å². The molecule has 4 heteroatoms. The minimum atomic E-state index is -0.330. The molecular formula is C22H21NO3. The topological polar surface area (TPSA) is 47.6 Å². The molecule has 26 heavy (non-hydrogen) atoms. The predicted molar refractivity (Wildman–Crippen MR) is 103 cm³/mol. The highest BCUT2D eigenvalue weighted by molar-refractivity contribution is 5.89. The predicted octanol–water partition coefficient (Wildman–Crippen LogP) is 4.71. The number of hydrogen-bond acceptors (Lipinski definition) is 4. The van der Waals surface area contributed by atoms with Gasteiger partial charge in [-0.15, -0.1) is 0 Å². The first-order valence-electron chi connectivity index (χ1n) is 8.44. The molecule has 0 radical (unpaired) electrons. The second-order valence-corrected chi connectivity index (χ2v) is 5.80. The van der Waals surface area contributed by atoms with Crippen molar-refractivity contribution in [3.8, 4) is 5.75 Å². The quantitative estimate of drug-likeness (QED) is 0.629. The van der Waals surface area contributed by atoms with E-state index in [2.05, 4.69) is 5.32 Å². The van der Waals surface area contributed by atoms with Gasteiger partial charge in [0.15, 0.2) is 0 Å². The van der Waals surface area contributed by atoms with Gasteiger partial charge in [-0.05, 0) is 42.0 Å². The summed E-state index contributed by atoms with van der Waals surface area (Å²) >= 11 is 0. The first-order chi connectivity index (χ1) is 12.8. The van der Waals surface area contributed by atoms with Crippen LogP contribution >= 0.6 is 0 Å². The Kier molecular flexibility index (Phi) is 5.88. The summed E-state index contributed by atoms with van der Waals surface area (Å²) in [7, 11) is 1.64. The van der Waals surface area contributed by atoms with Crippen molar-refractivity contribution in [2.75, 3.05) is 19.0 Å². The number of benzene rings is 3. The van der Waals surface area contributed by atoms with Crippen LogP contribution < -0.4 is 10.1 Å². The molecule has 1 N–H and O–H groups in total. The van der Waals surface area contributed by atoms with E-state index in [9.17, 15) is 4.79 Å². The van der Waals surface area contributed by atoms with E-state index in [0.717, 1.165) is 17.0 Å². The molecule has 0 saturated heterocycles. The van der Waals surface area contributed by atoms with E-state index < -0.39 is 0 Å². The summed E-state index contributed by atoms with van der Waals surface area (Å²) in [6.07, 6.45) is 0. The summed E-state index contributed by atoms with van der Waals surface area (Å²) in [5.74, 6) is 0.463. The number of nitrogens with one attached hydrogen (secondary N) is 1. The second kappa shape index (κ2) is 8.72. The molecular weight excluding hydrogens is 326 g/mol. The summed E-state index contributed by atoms with van der Waals surface area (Å²) in [4.78, 5) is 12.2. The molecule has 1 atom stereocenters. The van der Waals surface area contributed by atoms with Gasteiger partial charge >= 0.3 is 5.97 Å². The lowest BCUT2D eigenvalue weighted by Gasteiger charge is -2.20. The van der Waals surface area contributed by atoms with Gasteiger partial charge in [-0.25, -0.2) is 4.79 Å². The Balaban J connectivity index is 1.72. The molecule has 1 unspecified atom stereocenters. The van der Waals surface area contributed by atoms with Gasteiger partial charge in [0, 0.05) is 5.69 Å². The van der Waals surface area contributed by atoms with Crippen LogP contribution in [0.5, 0.6) is 5.75 Å². The summed E-state index contributed by atoms with van der Waals surface area (Å²) in [6, 6.07) is 26.4. The molecule has 0 amide bonds. The normalized spacial score (nSPS) is 11.4. The van der Waals surface area contributed by atoms with E-state index in [4.69, 9.17) is 9.47 Å². The molecule has 0 spiro atoms. The van der Waals surface area contributed by atoms with Gasteiger partial charge in [-0.3, -0.25) is 0 Å². The van der Waals surface area contributed by atoms with Crippen molar-refractivity contribution in [2.45, 2.75) is 6.04 Å². The van der Waals surface area contributed by atoms with Crippen molar-refractivity contribution in [1.82, 2.24) is 0 Å². The molecule has 0 aliphatic heterocycles. The molecule has 4 nitrogen and oxygen atoms in total. The lowest BCUT2D eigenvalue weighted by Crippen LogP contribution is -2.19. The van der Waals surface area contributed by atoms with E-state index in [-0.39, 0.29) is 18.6 Å². The average molecular weight is 347 g/mol. The summed E-state index contributed by atoms with van der Waals surface area (Å²) in [5.41, 5.74) is 2.52. The fraction of sp³-hybridized carbons (Fsp3) is 0.136. The van der Waals surface area contributed by atoms with Crippen molar-refractivity contribution in [3.05, 3.63) is 96.1 Å². The number of carbonyl (C=O) groups excluding carboxylic acids is 1. The SMILES string of the molecule is COc1ccc(NC(COC(=O)c2ccccc2)c2ccccc2)cc1. The van der Waals surface area contributed by atoms with E-state index in [0.29, 0.717) is 5.56 Å². The van der Waals surface area contributed by atoms with Crippen LogP contribution in [-0.4, -0.2) is 19.7 Å². The Morgan fingerprint density at radius 3 is 2.12 bits per heavy atom. The molecule has 0 aromatic heterocycles. The zero-order valence-electron chi connectivity index (χ0n) is 14.6. The lowest BCUT2D eigenvalue weighted by molar-refractivity contribution is 0.0488. The van der Waals surface area contributed by atoms with Crippen LogP contribution in [0.1, 0.15) is 22.0 Å². The maximum atomic E-state index is 12.2. The second-order valence-electron chi connectivity index (χ2n) is 5.80. The zero-order chi connectivity index (χ0) is 18.2. The van der Waals surface area contributed by atoms with Crippen molar-refractivity contribution in [3.63, 3.8) is 0 Å². The van der Waals surface area contributed by atoms with Crippen LogP contribution in [0.2, 0.25) is 0 Å². The Hall–Kier alpha value is -3.27. The molecule has 3 aromatic carbocycles. The summed E-state index contributed by atoms with van der Waals surface area (Å²) in [6.45, 7) is 0.226. The van der Waals surface area contributed by atoms with Crippen LogP contribution in [0.4, 0.5) is 5.69 Å². The van der Waals surface area contributed by atoms with E-state index in [1.807, 2.05) is 72.8 Å². The highest BCUT2D eigenvalue weighted by Crippen LogP contribution is 2.22. The highest BCUT2D eigenvalue weighted by atomic mass is 16.5. The molecule has 0 heterocycles. The Morgan fingerprint density at radius 2 is 1.50 bits per heavy atom. The van der Waals surface area contributed by atoms with Crippen LogP contribution in [0.15, 0.2) is 84.9 Å². The minimum absolute atomic E-state index is 0.155. The number of ether oxygens (including phenoxy) is 2. The van der Waals surface area contributed by atoms with Gasteiger partial charge in [0.05, 0.1) is 18.7 Å². The molecule has 0 saturated carbocycles. The van der Waals surface area contributed by atoms with Gasteiger partial charge in [0.1, 0.15) is 12.4 Å². The van der Waals surface area contributed by atoms with E-state index >= 15 is 0 Å².